The van der Waals surface area contributed by atoms with Crippen LogP contribution in [0.3, 0.4) is 0 Å². The minimum Gasteiger partial charge on any atom is -0.352 e. The largest absolute Gasteiger partial charge is 0.352 e. The van der Waals surface area contributed by atoms with E-state index in [0.717, 1.165) is 34.7 Å². The second-order valence-corrected chi connectivity index (χ2v) is 7.41. The third-order valence-electron chi connectivity index (χ3n) is 5.07. The number of pyridine rings is 1. The molecule has 3 heterocycles. The molecule has 154 valence electrons. The molecule has 0 aliphatic rings. The number of hydrogen-bond donors (Lipinski definition) is 2. The molecule has 0 fully saturated rings. The van der Waals surface area contributed by atoms with Crippen LogP contribution < -0.4 is 5.32 Å². The number of aromatic amines is 1. The third kappa shape index (κ3) is 3.63. The molecule has 9 heteroatoms. The highest BCUT2D eigenvalue weighted by Gasteiger charge is 2.19. The molecule has 4 aromatic rings. The van der Waals surface area contributed by atoms with Crippen LogP contribution in [-0.2, 0) is 20.0 Å². The van der Waals surface area contributed by atoms with Crippen molar-refractivity contribution in [1.82, 2.24) is 34.8 Å². The average Bonchev–Trinajstić information content (AvgIpc) is 3.26. The standard InChI is InChI=1S/C21H23N7OS/c1-4-28-17(24-25-21(28)30)10-11-22-20(29)15-12-16(14-8-6-5-7-9-14)23-19-18(15)13(2)26-27(19)3/h5-9,12H,4,10-11H2,1-3H3,(H,22,29)(H,25,30). The molecule has 4 rings (SSSR count). The molecule has 0 spiro atoms. The van der Waals surface area contributed by atoms with E-state index < -0.39 is 0 Å². The summed E-state index contributed by atoms with van der Waals surface area (Å²) in [5.41, 5.74) is 3.72. The molecule has 8 nitrogen and oxygen atoms in total. The number of benzene rings is 1. The highest BCUT2D eigenvalue weighted by atomic mass is 32.1. The Hall–Kier alpha value is -3.33. The van der Waals surface area contributed by atoms with Crippen LogP contribution in [0.1, 0.15) is 28.8 Å². The zero-order valence-electron chi connectivity index (χ0n) is 17.1. The van der Waals surface area contributed by atoms with Gasteiger partial charge in [0.1, 0.15) is 5.82 Å². The summed E-state index contributed by atoms with van der Waals surface area (Å²) in [6.45, 7) is 5.08. The summed E-state index contributed by atoms with van der Waals surface area (Å²) in [4.78, 5) is 17.9. The first-order chi connectivity index (χ1) is 14.5. The van der Waals surface area contributed by atoms with Gasteiger partial charge in [-0.3, -0.25) is 14.6 Å². The monoisotopic (exact) mass is 421 g/mol. The first-order valence-electron chi connectivity index (χ1n) is 9.81. The molecular weight excluding hydrogens is 398 g/mol. The fourth-order valence-corrected chi connectivity index (χ4v) is 3.91. The van der Waals surface area contributed by atoms with Crippen LogP contribution in [-0.4, -0.2) is 42.0 Å². The van der Waals surface area contributed by atoms with Crippen molar-refractivity contribution in [2.75, 3.05) is 6.54 Å². The van der Waals surface area contributed by atoms with Gasteiger partial charge in [0.25, 0.3) is 5.91 Å². The number of carbonyl (C=O) groups excluding carboxylic acids is 1. The summed E-state index contributed by atoms with van der Waals surface area (Å²) in [7, 11) is 1.84. The van der Waals surface area contributed by atoms with Crippen molar-refractivity contribution in [3.05, 3.63) is 58.3 Å². The first kappa shape index (κ1) is 20.0. The van der Waals surface area contributed by atoms with Gasteiger partial charge in [-0.25, -0.2) is 4.98 Å². The molecule has 0 aliphatic carbocycles. The Morgan fingerprint density at radius 3 is 2.77 bits per heavy atom. The molecule has 1 aromatic carbocycles. The van der Waals surface area contributed by atoms with E-state index >= 15 is 0 Å². The topological polar surface area (TPSA) is 93.4 Å². The van der Waals surface area contributed by atoms with Crippen LogP contribution in [0.2, 0.25) is 0 Å². The zero-order valence-corrected chi connectivity index (χ0v) is 18.0. The van der Waals surface area contributed by atoms with Gasteiger partial charge in [0, 0.05) is 32.1 Å². The van der Waals surface area contributed by atoms with E-state index in [1.54, 1.807) is 4.68 Å². The van der Waals surface area contributed by atoms with Gasteiger partial charge in [0.2, 0.25) is 0 Å². The number of carbonyl (C=O) groups is 1. The molecule has 0 aliphatic heterocycles. The number of aromatic nitrogens is 6. The fraction of sp³-hybridized carbons (Fsp3) is 0.286. The minimum absolute atomic E-state index is 0.159. The number of fused-ring (bicyclic) bond motifs is 1. The van der Waals surface area contributed by atoms with E-state index in [2.05, 4.69) is 20.6 Å². The van der Waals surface area contributed by atoms with Crippen LogP contribution >= 0.6 is 12.2 Å². The van der Waals surface area contributed by atoms with Gasteiger partial charge in [-0.15, -0.1) is 0 Å². The molecule has 1 amide bonds. The third-order valence-corrected chi connectivity index (χ3v) is 5.38. The second kappa shape index (κ2) is 8.19. The molecule has 0 saturated carbocycles. The summed E-state index contributed by atoms with van der Waals surface area (Å²) in [6.07, 6.45) is 0.582. The van der Waals surface area contributed by atoms with Crippen LogP contribution in [0, 0.1) is 11.7 Å². The van der Waals surface area contributed by atoms with Crippen molar-refractivity contribution >= 4 is 29.2 Å². The number of H-pyrrole nitrogens is 1. The van der Waals surface area contributed by atoms with Gasteiger partial charge in [-0.1, -0.05) is 30.3 Å². The molecule has 0 saturated heterocycles. The number of hydrogen-bond acceptors (Lipinski definition) is 5. The average molecular weight is 422 g/mol. The Morgan fingerprint density at radius 1 is 1.27 bits per heavy atom. The van der Waals surface area contributed by atoms with E-state index in [-0.39, 0.29) is 5.91 Å². The number of nitrogens with zero attached hydrogens (tertiary/aromatic N) is 5. The molecule has 3 aromatic heterocycles. The number of amides is 1. The molecule has 30 heavy (non-hydrogen) atoms. The SMILES string of the molecule is CCn1c(CCNC(=O)c2cc(-c3ccccc3)nc3c2c(C)nn3C)n[nH]c1=S. The Kier molecular flexibility index (Phi) is 5.45. The zero-order chi connectivity index (χ0) is 21.3. The first-order valence-corrected chi connectivity index (χ1v) is 10.2. The quantitative estimate of drug-likeness (QED) is 0.467. The molecule has 0 atom stereocenters. The smallest absolute Gasteiger partial charge is 0.252 e. The van der Waals surface area contributed by atoms with E-state index in [1.165, 1.54) is 0 Å². The summed E-state index contributed by atoms with van der Waals surface area (Å²) in [6, 6.07) is 11.7. The lowest BCUT2D eigenvalue weighted by molar-refractivity contribution is 0.0955. The Labute approximate surface area is 179 Å². The minimum atomic E-state index is -0.159. The van der Waals surface area contributed by atoms with Gasteiger partial charge in [-0.05, 0) is 32.1 Å². The lowest BCUT2D eigenvalue weighted by atomic mass is 10.0. The van der Waals surface area contributed by atoms with E-state index in [1.807, 2.05) is 61.9 Å². The van der Waals surface area contributed by atoms with Crippen molar-refractivity contribution < 1.29 is 4.79 Å². The van der Waals surface area contributed by atoms with Crippen molar-refractivity contribution in [3.63, 3.8) is 0 Å². The molecular formula is C21H23N7OS. The molecule has 0 unspecified atom stereocenters. The maximum absolute atomic E-state index is 13.1. The van der Waals surface area contributed by atoms with Crippen LogP contribution in [0.25, 0.3) is 22.3 Å². The fourth-order valence-electron chi connectivity index (χ4n) is 3.63. The van der Waals surface area contributed by atoms with Gasteiger partial charge < -0.3 is 9.88 Å². The van der Waals surface area contributed by atoms with E-state index in [9.17, 15) is 4.79 Å². The number of nitrogens with one attached hydrogen (secondary N) is 2. The van der Waals surface area contributed by atoms with E-state index in [0.29, 0.717) is 28.9 Å². The van der Waals surface area contributed by atoms with Crippen LogP contribution in [0.15, 0.2) is 36.4 Å². The van der Waals surface area contributed by atoms with E-state index in [4.69, 9.17) is 17.2 Å². The summed E-state index contributed by atoms with van der Waals surface area (Å²) in [5, 5.41) is 15.3. The van der Waals surface area contributed by atoms with Crippen molar-refractivity contribution in [1.29, 1.82) is 0 Å². The highest BCUT2D eigenvalue weighted by molar-refractivity contribution is 7.71. The lowest BCUT2D eigenvalue weighted by Crippen LogP contribution is -2.27. The van der Waals surface area contributed by atoms with Gasteiger partial charge in [-0.2, -0.15) is 10.2 Å². The molecule has 2 N–H and O–H groups in total. The van der Waals surface area contributed by atoms with Crippen molar-refractivity contribution in [2.45, 2.75) is 26.8 Å². The number of rotatable bonds is 6. The molecule has 0 bridgehead atoms. The Balaban J connectivity index is 1.65. The van der Waals surface area contributed by atoms with Crippen molar-refractivity contribution in [2.24, 2.45) is 7.05 Å². The maximum Gasteiger partial charge on any atom is 0.252 e. The van der Waals surface area contributed by atoms with Gasteiger partial charge in [0.05, 0.1) is 22.3 Å². The highest BCUT2D eigenvalue weighted by Crippen LogP contribution is 2.26. The summed E-state index contributed by atoms with van der Waals surface area (Å²) in [5.74, 6) is 0.665. The summed E-state index contributed by atoms with van der Waals surface area (Å²) < 4.78 is 4.23. The predicted molar refractivity (Wildman–Crippen MR) is 118 cm³/mol. The lowest BCUT2D eigenvalue weighted by Gasteiger charge is -2.10. The summed E-state index contributed by atoms with van der Waals surface area (Å²) >= 11 is 5.22. The van der Waals surface area contributed by atoms with Gasteiger partial charge in [0.15, 0.2) is 10.4 Å². The van der Waals surface area contributed by atoms with Gasteiger partial charge >= 0.3 is 0 Å². The van der Waals surface area contributed by atoms with Crippen molar-refractivity contribution in [3.8, 4) is 11.3 Å². The van der Waals surface area contributed by atoms with Crippen LogP contribution in [0.5, 0.6) is 0 Å². The Bertz CT molecular complexity index is 1270. The van der Waals surface area contributed by atoms with Crippen LogP contribution in [0.4, 0.5) is 0 Å². The predicted octanol–water partition coefficient (Wildman–Crippen LogP) is 3.19. The maximum atomic E-state index is 13.1. The molecule has 0 radical (unpaired) electrons. The second-order valence-electron chi connectivity index (χ2n) is 7.02. The number of aryl methyl sites for hydroxylation is 2. The Morgan fingerprint density at radius 2 is 2.03 bits per heavy atom. The normalized spacial score (nSPS) is 11.2.